The number of hydrogen-bond acceptors (Lipinski definition) is 2. The summed E-state index contributed by atoms with van der Waals surface area (Å²) in [6.45, 7) is 0. The Morgan fingerprint density at radius 3 is 2.55 bits per heavy atom. The van der Waals surface area contributed by atoms with Gasteiger partial charge in [-0.05, 0) is 18.2 Å². The van der Waals surface area contributed by atoms with E-state index in [9.17, 15) is 0 Å². The fourth-order valence-corrected chi connectivity index (χ4v) is 0.937. The number of benzene rings is 1. The van der Waals surface area contributed by atoms with Crippen LogP contribution in [0.3, 0.4) is 0 Å². The van der Waals surface area contributed by atoms with Crippen LogP contribution >= 0.6 is 23.2 Å². The second-order valence-electron chi connectivity index (χ2n) is 1.87. The average Bonchev–Trinajstić information content (AvgIpc) is 1.98. The van der Waals surface area contributed by atoms with Crippen LogP contribution in [-0.4, -0.2) is 0 Å². The third-order valence-corrected chi connectivity index (χ3v) is 1.86. The van der Waals surface area contributed by atoms with E-state index in [1.54, 1.807) is 24.4 Å². The Kier molecular flexibility index (Phi) is 2.58. The van der Waals surface area contributed by atoms with E-state index in [2.05, 4.69) is 5.32 Å². The fraction of sp³-hybridized carbons (Fsp3) is 0. The molecule has 0 radical (unpaired) electrons. The maximum absolute atomic E-state index is 8.24. The Morgan fingerprint density at radius 1 is 1.27 bits per heavy atom. The van der Waals surface area contributed by atoms with Crippen molar-refractivity contribution in [3.63, 3.8) is 0 Å². The van der Waals surface area contributed by atoms with Crippen molar-refractivity contribution in [2.45, 2.75) is 0 Å². The largest absolute Gasteiger partial charge is 0.293 e. The van der Waals surface area contributed by atoms with Gasteiger partial charge in [0.15, 0.2) is 6.19 Å². The predicted octanol–water partition coefficient (Wildman–Crippen LogP) is 2.89. The van der Waals surface area contributed by atoms with Gasteiger partial charge in [-0.15, -0.1) is 0 Å². The Balaban J connectivity index is 2.98. The molecule has 1 aromatic carbocycles. The number of nitriles is 1. The molecule has 0 atom stereocenters. The monoisotopic (exact) mass is 186 g/mol. The summed E-state index contributed by atoms with van der Waals surface area (Å²) in [6, 6.07) is 4.90. The third kappa shape index (κ3) is 2.01. The molecule has 0 amide bonds. The first-order valence-corrected chi connectivity index (χ1v) is 3.60. The molecular formula is C7H4Cl2N2. The minimum absolute atomic E-state index is 0.437. The van der Waals surface area contributed by atoms with Gasteiger partial charge in [-0.25, -0.2) is 0 Å². The normalized spacial score (nSPS) is 8.82. The van der Waals surface area contributed by atoms with E-state index in [-0.39, 0.29) is 0 Å². The van der Waals surface area contributed by atoms with E-state index in [1.807, 2.05) is 0 Å². The molecule has 0 fully saturated rings. The van der Waals surface area contributed by atoms with Crippen molar-refractivity contribution in [2.75, 3.05) is 5.32 Å². The summed E-state index contributed by atoms with van der Waals surface area (Å²) in [5.41, 5.74) is 0.641. The molecule has 56 valence electrons. The van der Waals surface area contributed by atoms with Crippen LogP contribution in [0.5, 0.6) is 0 Å². The van der Waals surface area contributed by atoms with E-state index >= 15 is 0 Å². The Labute approximate surface area is 74.3 Å². The van der Waals surface area contributed by atoms with E-state index in [0.717, 1.165) is 0 Å². The maximum Gasteiger partial charge on any atom is 0.181 e. The van der Waals surface area contributed by atoms with Crippen molar-refractivity contribution in [3.05, 3.63) is 28.2 Å². The molecule has 0 heterocycles. The van der Waals surface area contributed by atoms with Crippen molar-refractivity contribution < 1.29 is 0 Å². The lowest BCUT2D eigenvalue weighted by molar-refractivity contribution is 1.47. The standard InChI is InChI=1S/C7H4Cl2N2/c8-6-2-1-5(11-4-10)3-7(6)9/h1-3,11H. The van der Waals surface area contributed by atoms with Crippen LogP contribution in [0, 0.1) is 11.5 Å². The molecule has 0 aliphatic heterocycles. The second-order valence-corrected chi connectivity index (χ2v) is 2.68. The van der Waals surface area contributed by atoms with Gasteiger partial charge in [0.1, 0.15) is 0 Å². The highest BCUT2D eigenvalue weighted by Gasteiger charge is 1.97. The predicted molar refractivity (Wildman–Crippen MR) is 45.7 cm³/mol. The summed E-state index contributed by atoms with van der Waals surface area (Å²) in [5, 5.41) is 11.6. The average molecular weight is 187 g/mol. The van der Waals surface area contributed by atoms with Crippen LogP contribution in [-0.2, 0) is 0 Å². The Hall–Kier alpha value is -0.910. The summed E-state index contributed by atoms with van der Waals surface area (Å²) in [4.78, 5) is 0. The minimum Gasteiger partial charge on any atom is -0.293 e. The summed E-state index contributed by atoms with van der Waals surface area (Å²) in [6.07, 6.45) is 1.78. The highest BCUT2D eigenvalue weighted by Crippen LogP contribution is 2.24. The smallest absolute Gasteiger partial charge is 0.181 e. The molecule has 0 aliphatic rings. The first kappa shape index (κ1) is 8.19. The molecule has 0 bridgehead atoms. The van der Waals surface area contributed by atoms with Crippen LogP contribution in [0.15, 0.2) is 18.2 Å². The zero-order valence-corrected chi connectivity index (χ0v) is 6.95. The van der Waals surface area contributed by atoms with Gasteiger partial charge >= 0.3 is 0 Å². The van der Waals surface area contributed by atoms with Gasteiger partial charge in [0.05, 0.1) is 10.0 Å². The zero-order valence-electron chi connectivity index (χ0n) is 5.44. The van der Waals surface area contributed by atoms with E-state index in [4.69, 9.17) is 28.5 Å². The quantitative estimate of drug-likeness (QED) is 0.541. The molecule has 0 saturated carbocycles. The van der Waals surface area contributed by atoms with Crippen LogP contribution < -0.4 is 5.32 Å². The van der Waals surface area contributed by atoms with E-state index in [0.29, 0.717) is 15.7 Å². The highest BCUT2D eigenvalue weighted by molar-refractivity contribution is 6.42. The molecule has 4 heteroatoms. The second kappa shape index (κ2) is 3.47. The van der Waals surface area contributed by atoms with Crippen LogP contribution in [0.1, 0.15) is 0 Å². The van der Waals surface area contributed by atoms with Gasteiger partial charge in [-0.1, -0.05) is 23.2 Å². The fourth-order valence-electron chi connectivity index (χ4n) is 0.638. The van der Waals surface area contributed by atoms with Gasteiger partial charge in [0.2, 0.25) is 0 Å². The number of nitrogens with zero attached hydrogens (tertiary/aromatic N) is 1. The van der Waals surface area contributed by atoms with Crippen LogP contribution in [0.2, 0.25) is 10.0 Å². The Bertz CT molecular complexity index is 304. The Morgan fingerprint density at radius 2 is 2.00 bits per heavy atom. The molecular weight excluding hydrogens is 183 g/mol. The number of halogens is 2. The van der Waals surface area contributed by atoms with Gasteiger partial charge in [0.25, 0.3) is 0 Å². The summed E-state index contributed by atoms with van der Waals surface area (Å²) >= 11 is 11.3. The van der Waals surface area contributed by atoms with Crippen molar-refractivity contribution >= 4 is 28.9 Å². The van der Waals surface area contributed by atoms with Crippen LogP contribution in [0.25, 0.3) is 0 Å². The van der Waals surface area contributed by atoms with Crippen molar-refractivity contribution in [1.29, 1.82) is 5.26 Å². The molecule has 11 heavy (non-hydrogen) atoms. The minimum atomic E-state index is 0.437. The zero-order chi connectivity index (χ0) is 8.27. The topological polar surface area (TPSA) is 35.8 Å². The lowest BCUT2D eigenvalue weighted by Gasteiger charge is -1.98. The van der Waals surface area contributed by atoms with Gasteiger partial charge < -0.3 is 0 Å². The molecule has 1 aromatic rings. The van der Waals surface area contributed by atoms with Crippen LogP contribution in [0.4, 0.5) is 5.69 Å². The first-order valence-electron chi connectivity index (χ1n) is 2.84. The number of hydrogen-bond donors (Lipinski definition) is 1. The summed E-state index contributed by atoms with van der Waals surface area (Å²) < 4.78 is 0. The SMILES string of the molecule is N#CNc1ccc(Cl)c(Cl)c1. The van der Waals surface area contributed by atoms with Gasteiger partial charge in [0, 0.05) is 5.69 Å². The first-order chi connectivity index (χ1) is 5.24. The third-order valence-electron chi connectivity index (χ3n) is 1.12. The lowest BCUT2D eigenvalue weighted by Crippen LogP contribution is -1.85. The molecule has 0 aliphatic carbocycles. The van der Waals surface area contributed by atoms with Gasteiger partial charge in [-0.2, -0.15) is 5.26 Å². The molecule has 0 saturated heterocycles. The van der Waals surface area contributed by atoms with Crippen molar-refractivity contribution in [3.8, 4) is 6.19 Å². The van der Waals surface area contributed by atoms with Crippen molar-refractivity contribution in [2.24, 2.45) is 0 Å². The number of anilines is 1. The summed E-state index contributed by atoms with van der Waals surface area (Å²) in [7, 11) is 0. The summed E-state index contributed by atoms with van der Waals surface area (Å²) in [5.74, 6) is 0. The molecule has 1 rings (SSSR count). The van der Waals surface area contributed by atoms with E-state index in [1.165, 1.54) is 0 Å². The molecule has 2 nitrogen and oxygen atoms in total. The highest BCUT2D eigenvalue weighted by atomic mass is 35.5. The number of rotatable bonds is 1. The maximum atomic E-state index is 8.24. The molecule has 0 spiro atoms. The van der Waals surface area contributed by atoms with Gasteiger partial charge in [-0.3, -0.25) is 5.32 Å². The molecule has 1 N–H and O–H groups in total. The molecule has 0 unspecified atom stereocenters. The van der Waals surface area contributed by atoms with E-state index < -0.39 is 0 Å². The van der Waals surface area contributed by atoms with Crippen molar-refractivity contribution in [1.82, 2.24) is 0 Å². The lowest BCUT2D eigenvalue weighted by atomic mass is 10.3. The molecule has 0 aromatic heterocycles. The number of nitrogens with one attached hydrogen (secondary N) is 1.